The number of anilines is 1. The van der Waals surface area contributed by atoms with Gasteiger partial charge < -0.3 is 5.73 Å². The SMILES string of the molecule is CC.Cc1ncc(N)nc1C. The molecule has 0 atom stereocenters. The van der Waals surface area contributed by atoms with Crippen molar-refractivity contribution in [3.63, 3.8) is 0 Å². The predicted molar refractivity (Wildman–Crippen MR) is 47.3 cm³/mol. The van der Waals surface area contributed by atoms with Crippen molar-refractivity contribution in [3.05, 3.63) is 17.6 Å². The molecule has 0 aliphatic rings. The number of hydrogen-bond donors (Lipinski definition) is 1. The Balaban J connectivity index is 0.000000461. The molecule has 3 heteroatoms. The summed E-state index contributed by atoms with van der Waals surface area (Å²) in [6.07, 6.45) is 1.56. The maximum absolute atomic E-state index is 5.35. The van der Waals surface area contributed by atoms with Crippen LogP contribution in [0.15, 0.2) is 6.20 Å². The van der Waals surface area contributed by atoms with Gasteiger partial charge in [0.15, 0.2) is 0 Å². The zero-order chi connectivity index (χ0) is 8.85. The minimum Gasteiger partial charge on any atom is -0.382 e. The van der Waals surface area contributed by atoms with Crippen LogP contribution in [-0.2, 0) is 0 Å². The van der Waals surface area contributed by atoms with Gasteiger partial charge in [0, 0.05) is 0 Å². The lowest BCUT2D eigenvalue weighted by Gasteiger charge is -1.96. The lowest BCUT2D eigenvalue weighted by atomic mass is 10.3. The Hall–Kier alpha value is -1.12. The van der Waals surface area contributed by atoms with E-state index in [-0.39, 0.29) is 0 Å². The van der Waals surface area contributed by atoms with Crippen molar-refractivity contribution < 1.29 is 0 Å². The van der Waals surface area contributed by atoms with Gasteiger partial charge in [0.05, 0.1) is 17.6 Å². The van der Waals surface area contributed by atoms with Crippen LogP contribution in [0.25, 0.3) is 0 Å². The average Bonchev–Trinajstić information content (AvgIpc) is 2.02. The molecule has 0 bridgehead atoms. The van der Waals surface area contributed by atoms with E-state index in [0.29, 0.717) is 5.82 Å². The fourth-order valence-electron chi connectivity index (χ4n) is 0.560. The third-order valence-electron chi connectivity index (χ3n) is 1.21. The predicted octanol–water partition coefficient (Wildman–Crippen LogP) is 1.70. The Kier molecular flexibility index (Phi) is 4.18. The first-order valence-corrected chi connectivity index (χ1v) is 3.76. The van der Waals surface area contributed by atoms with Crippen molar-refractivity contribution in [2.75, 3.05) is 5.73 Å². The van der Waals surface area contributed by atoms with Crippen molar-refractivity contribution in [2.24, 2.45) is 0 Å². The lowest BCUT2D eigenvalue weighted by Crippen LogP contribution is -1.96. The summed E-state index contributed by atoms with van der Waals surface area (Å²) in [4.78, 5) is 7.98. The number of nitrogen functional groups attached to an aromatic ring is 1. The van der Waals surface area contributed by atoms with Crippen molar-refractivity contribution in [1.82, 2.24) is 9.97 Å². The Bertz CT molecular complexity index is 221. The largest absolute Gasteiger partial charge is 0.382 e. The van der Waals surface area contributed by atoms with E-state index in [0.717, 1.165) is 11.4 Å². The molecule has 0 spiro atoms. The minimum atomic E-state index is 0.484. The van der Waals surface area contributed by atoms with Gasteiger partial charge in [0.25, 0.3) is 0 Å². The van der Waals surface area contributed by atoms with Gasteiger partial charge in [-0.1, -0.05) is 13.8 Å². The lowest BCUT2D eigenvalue weighted by molar-refractivity contribution is 1.06. The highest BCUT2D eigenvalue weighted by molar-refractivity contribution is 5.26. The summed E-state index contributed by atoms with van der Waals surface area (Å²) >= 11 is 0. The van der Waals surface area contributed by atoms with E-state index in [2.05, 4.69) is 9.97 Å². The normalized spacial score (nSPS) is 8.36. The molecule has 0 aliphatic heterocycles. The third-order valence-corrected chi connectivity index (χ3v) is 1.21. The fourth-order valence-corrected chi connectivity index (χ4v) is 0.560. The van der Waals surface area contributed by atoms with E-state index in [9.17, 15) is 0 Å². The average molecular weight is 153 g/mol. The van der Waals surface area contributed by atoms with E-state index >= 15 is 0 Å². The molecule has 0 radical (unpaired) electrons. The molecule has 0 fully saturated rings. The van der Waals surface area contributed by atoms with Crippen LogP contribution >= 0.6 is 0 Å². The number of aryl methyl sites for hydroxylation is 2. The van der Waals surface area contributed by atoms with Gasteiger partial charge in [0.2, 0.25) is 0 Å². The van der Waals surface area contributed by atoms with E-state index in [4.69, 9.17) is 5.73 Å². The van der Waals surface area contributed by atoms with Gasteiger partial charge in [-0.15, -0.1) is 0 Å². The summed E-state index contributed by atoms with van der Waals surface area (Å²) in [5.74, 6) is 0.484. The molecule has 0 unspecified atom stereocenters. The molecule has 1 heterocycles. The summed E-state index contributed by atoms with van der Waals surface area (Å²) in [5.41, 5.74) is 7.19. The fraction of sp³-hybridized carbons (Fsp3) is 0.500. The number of nitrogens with zero attached hydrogens (tertiary/aromatic N) is 2. The Morgan fingerprint density at radius 3 is 2.09 bits per heavy atom. The number of nitrogens with two attached hydrogens (primary N) is 1. The highest BCUT2D eigenvalue weighted by atomic mass is 14.9. The Labute approximate surface area is 67.7 Å². The second-order valence-electron chi connectivity index (χ2n) is 1.97. The van der Waals surface area contributed by atoms with E-state index < -0.39 is 0 Å². The first-order valence-electron chi connectivity index (χ1n) is 3.76. The maximum Gasteiger partial charge on any atom is 0.142 e. The quantitative estimate of drug-likeness (QED) is 0.617. The first-order chi connectivity index (χ1) is 5.20. The molecule has 62 valence electrons. The molecule has 0 saturated heterocycles. The van der Waals surface area contributed by atoms with Crippen molar-refractivity contribution in [2.45, 2.75) is 27.7 Å². The molecule has 1 rings (SSSR count). The molecular weight excluding hydrogens is 138 g/mol. The van der Waals surface area contributed by atoms with Gasteiger partial charge in [-0.3, -0.25) is 4.98 Å². The topological polar surface area (TPSA) is 51.8 Å². The van der Waals surface area contributed by atoms with Crippen LogP contribution in [0.5, 0.6) is 0 Å². The molecule has 0 aliphatic carbocycles. The van der Waals surface area contributed by atoms with Gasteiger partial charge >= 0.3 is 0 Å². The molecule has 0 aromatic carbocycles. The summed E-state index contributed by atoms with van der Waals surface area (Å²) in [6.45, 7) is 7.79. The second kappa shape index (κ2) is 4.66. The van der Waals surface area contributed by atoms with Gasteiger partial charge in [-0.05, 0) is 13.8 Å². The third kappa shape index (κ3) is 2.98. The molecule has 11 heavy (non-hydrogen) atoms. The van der Waals surface area contributed by atoms with E-state index in [1.54, 1.807) is 6.20 Å². The first kappa shape index (κ1) is 9.88. The smallest absolute Gasteiger partial charge is 0.142 e. The Morgan fingerprint density at radius 2 is 1.73 bits per heavy atom. The minimum absolute atomic E-state index is 0.484. The summed E-state index contributed by atoms with van der Waals surface area (Å²) in [7, 11) is 0. The van der Waals surface area contributed by atoms with E-state index in [1.807, 2.05) is 27.7 Å². The van der Waals surface area contributed by atoms with Crippen molar-refractivity contribution >= 4 is 5.82 Å². The monoisotopic (exact) mass is 153 g/mol. The molecule has 1 aromatic heterocycles. The second-order valence-corrected chi connectivity index (χ2v) is 1.97. The zero-order valence-electron chi connectivity index (χ0n) is 7.55. The standard InChI is InChI=1S/C6H9N3.C2H6/c1-4-5(2)9-6(7)3-8-4;1-2/h3H,1-2H3,(H2,7,9);1-2H3. The zero-order valence-corrected chi connectivity index (χ0v) is 7.55. The van der Waals surface area contributed by atoms with Crippen LogP contribution in [0.4, 0.5) is 5.82 Å². The Morgan fingerprint density at radius 1 is 1.18 bits per heavy atom. The van der Waals surface area contributed by atoms with Crippen molar-refractivity contribution in [3.8, 4) is 0 Å². The van der Waals surface area contributed by atoms with Crippen LogP contribution in [0.1, 0.15) is 25.2 Å². The molecule has 2 N–H and O–H groups in total. The highest BCUT2D eigenvalue weighted by Gasteiger charge is 1.92. The van der Waals surface area contributed by atoms with Crippen LogP contribution in [-0.4, -0.2) is 9.97 Å². The van der Waals surface area contributed by atoms with Gasteiger partial charge in [-0.25, -0.2) is 4.98 Å². The maximum atomic E-state index is 5.35. The molecule has 0 amide bonds. The van der Waals surface area contributed by atoms with Crippen LogP contribution < -0.4 is 5.73 Å². The summed E-state index contributed by atoms with van der Waals surface area (Å²) < 4.78 is 0. The van der Waals surface area contributed by atoms with Crippen LogP contribution in [0, 0.1) is 13.8 Å². The molecular formula is C8H15N3. The molecule has 3 nitrogen and oxygen atoms in total. The molecule has 1 aromatic rings. The number of aromatic nitrogens is 2. The number of hydrogen-bond acceptors (Lipinski definition) is 3. The molecule has 0 saturated carbocycles. The van der Waals surface area contributed by atoms with Gasteiger partial charge in [-0.2, -0.15) is 0 Å². The summed E-state index contributed by atoms with van der Waals surface area (Å²) in [5, 5.41) is 0. The van der Waals surface area contributed by atoms with Crippen LogP contribution in [0.3, 0.4) is 0 Å². The van der Waals surface area contributed by atoms with Crippen molar-refractivity contribution in [1.29, 1.82) is 0 Å². The highest BCUT2D eigenvalue weighted by Crippen LogP contribution is 2.00. The van der Waals surface area contributed by atoms with Gasteiger partial charge in [0.1, 0.15) is 5.82 Å². The van der Waals surface area contributed by atoms with Crippen LogP contribution in [0.2, 0.25) is 0 Å². The summed E-state index contributed by atoms with van der Waals surface area (Å²) in [6, 6.07) is 0. The number of rotatable bonds is 0. The van der Waals surface area contributed by atoms with E-state index in [1.165, 1.54) is 0 Å².